The number of carboxylic acid groups (broad SMARTS) is 1. The number of aryl methyl sites for hydroxylation is 1. The van der Waals surface area contributed by atoms with Crippen LogP contribution in [0.1, 0.15) is 15.9 Å². The third-order valence-corrected chi connectivity index (χ3v) is 3.06. The number of aromatic carboxylic acids is 1. The van der Waals surface area contributed by atoms with Gasteiger partial charge in [0.2, 0.25) is 0 Å². The van der Waals surface area contributed by atoms with Crippen LogP contribution in [0, 0.1) is 6.92 Å². The zero-order valence-corrected chi connectivity index (χ0v) is 9.84. The Morgan fingerprint density at radius 1 is 1.11 bits per heavy atom. The van der Waals surface area contributed by atoms with Crippen LogP contribution >= 0.6 is 0 Å². The fourth-order valence-electron chi connectivity index (χ4n) is 2.19. The lowest BCUT2D eigenvalue weighted by molar-refractivity contribution is 0.0697. The first-order chi connectivity index (χ1) is 8.65. The van der Waals surface area contributed by atoms with Crippen LogP contribution < -0.4 is 0 Å². The Labute approximate surface area is 104 Å². The number of nitrogens with zero attached hydrogens (tertiary/aromatic N) is 1. The van der Waals surface area contributed by atoms with Crippen LogP contribution in [0.25, 0.3) is 21.8 Å². The first-order valence-electron chi connectivity index (χ1n) is 5.68. The molecular formula is C15H11NO2. The Kier molecular flexibility index (Phi) is 2.27. The lowest BCUT2D eigenvalue weighted by Crippen LogP contribution is -1.97. The van der Waals surface area contributed by atoms with Gasteiger partial charge < -0.3 is 5.11 Å². The van der Waals surface area contributed by atoms with Crippen LogP contribution in [0.4, 0.5) is 0 Å². The number of hydrogen-bond donors (Lipinski definition) is 1. The molecule has 18 heavy (non-hydrogen) atoms. The van der Waals surface area contributed by atoms with Crippen molar-refractivity contribution in [2.45, 2.75) is 6.92 Å². The molecule has 0 saturated carbocycles. The molecule has 3 heteroatoms. The Morgan fingerprint density at radius 2 is 1.89 bits per heavy atom. The fraction of sp³-hybridized carbons (Fsp3) is 0.0667. The zero-order chi connectivity index (χ0) is 12.7. The van der Waals surface area contributed by atoms with Crippen molar-refractivity contribution in [3.8, 4) is 0 Å². The minimum absolute atomic E-state index is 0.303. The van der Waals surface area contributed by atoms with Crippen LogP contribution in [-0.2, 0) is 0 Å². The second kappa shape index (κ2) is 3.81. The first kappa shape index (κ1) is 10.7. The number of aromatic nitrogens is 1. The normalized spacial score (nSPS) is 10.9. The summed E-state index contributed by atoms with van der Waals surface area (Å²) in [5.74, 6) is -0.909. The summed E-state index contributed by atoms with van der Waals surface area (Å²) in [4.78, 5) is 15.6. The molecule has 0 atom stereocenters. The van der Waals surface area contributed by atoms with Crippen LogP contribution in [0.15, 0.2) is 42.5 Å². The quantitative estimate of drug-likeness (QED) is 0.660. The second-order valence-electron chi connectivity index (χ2n) is 4.35. The van der Waals surface area contributed by atoms with Crippen LogP contribution in [0.3, 0.4) is 0 Å². The molecule has 0 bridgehead atoms. The largest absolute Gasteiger partial charge is 0.478 e. The molecule has 0 aliphatic heterocycles. The minimum Gasteiger partial charge on any atom is -0.478 e. The summed E-state index contributed by atoms with van der Waals surface area (Å²) in [6.07, 6.45) is 0. The van der Waals surface area contributed by atoms with Gasteiger partial charge in [0.1, 0.15) is 0 Å². The van der Waals surface area contributed by atoms with Crippen molar-refractivity contribution < 1.29 is 9.90 Å². The Balaban J connectivity index is 2.42. The van der Waals surface area contributed by atoms with Crippen molar-refractivity contribution in [1.82, 2.24) is 4.98 Å². The van der Waals surface area contributed by atoms with Gasteiger partial charge in [-0.05, 0) is 36.8 Å². The van der Waals surface area contributed by atoms with Gasteiger partial charge in [-0.3, -0.25) is 0 Å². The molecule has 1 aromatic heterocycles. The van der Waals surface area contributed by atoms with E-state index >= 15 is 0 Å². The molecule has 2 aromatic carbocycles. The van der Waals surface area contributed by atoms with Crippen molar-refractivity contribution in [2.75, 3.05) is 0 Å². The van der Waals surface area contributed by atoms with E-state index in [4.69, 9.17) is 5.11 Å². The Hall–Kier alpha value is -2.42. The average molecular weight is 237 g/mol. The van der Waals surface area contributed by atoms with Gasteiger partial charge in [-0.25, -0.2) is 9.78 Å². The van der Waals surface area contributed by atoms with Gasteiger partial charge >= 0.3 is 5.97 Å². The average Bonchev–Trinajstić information content (AvgIpc) is 2.36. The van der Waals surface area contributed by atoms with E-state index < -0.39 is 5.97 Å². The maximum atomic E-state index is 11.0. The molecule has 0 unspecified atom stereocenters. The molecule has 0 spiro atoms. The molecule has 3 nitrogen and oxygen atoms in total. The van der Waals surface area contributed by atoms with Gasteiger partial charge in [-0.1, -0.05) is 18.2 Å². The van der Waals surface area contributed by atoms with E-state index in [1.807, 2.05) is 37.3 Å². The SMILES string of the molecule is Cc1cc(C(=O)O)cc2cc3ccccc3nc12. The lowest BCUT2D eigenvalue weighted by atomic mass is 10.0. The molecule has 0 aliphatic carbocycles. The van der Waals surface area contributed by atoms with Crippen molar-refractivity contribution in [1.29, 1.82) is 0 Å². The highest BCUT2D eigenvalue weighted by atomic mass is 16.4. The summed E-state index contributed by atoms with van der Waals surface area (Å²) in [5, 5.41) is 10.9. The highest BCUT2D eigenvalue weighted by Gasteiger charge is 2.08. The van der Waals surface area contributed by atoms with E-state index in [1.54, 1.807) is 12.1 Å². The number of benzene rings is 2. The number of carboxylic acids is 1. The van der Waals surface area contributed by atoms with Crippen molar-refractivity contribution >= 4 is 27.8 Å². The Morgan fingerprint density at radius 3 is 2.67 bits per heavy atom. The molecule has 3 aromatic rings. The zero-order valence-electron chi connectivity index (χ0n) is 9.84. The van der Waals surface area contributed by atoms with Gasteiger partial charge in [0.05, 0.1) is 16.6 Å². The number of hydrogen-bond acceptors (Lipinski definition) is 2. The monoisotopic (exact) mass is 237 g/mol. The summed E-state index contributed by atoms with van der Waals surface area (Å²) in [5.41, 5.74) is 2.97. The van der Waals surface area contributed by atoms with Crippen molar-refractivity contribution in [3.63, 3.8) is 0 Å². The van der Waals surface area contributed by atoms with Gasteiger partial charge in [0.15, 0.2) is 0 Å². The molecule has 0 aliphatic rings. The summed E-state index contributed by atoms with van der Waals surface area (Å²) >= 11 is 0. The van der Waals surface area contributed by atoms with E-state index in [0.717, 1.165) is 27.4 Å². The predicted octanol–water partition coefficient (Wildman–Crippen LogP) is 3.39. The number of rotatable bonds is 1. The Bertz CT molecular complexity index is 778. The van der Waals surface area contributed by atoms with E-state index in [9.17, 15) is 4.79 Å². The minimum atomic E-state index is -0.909. The summed E-state index contributed by atoms with van der Waals surface area (Å²) in [6.45, 7) is 1.89. The van der Waals surface area contributed by atoms with Crippen molar-refractivity contribution in [3.05, 3.63) is 53.6 Å². The third kappa shape index (κ3) is 1.61. The van der Waals surface area contributed by atoms with Crippen LogP contribution in [0.2, 0.25) is 0 Å². The highest BCUT2D eigenvalue weighted by Crippen LogP contribution is 2.23. The van der Waals surface area contributed by atoms with Gasteiger partial charge in [0.25, 0.3) is 0 Å². The standard InChI is InChI=1S/C15H11NO2/c1-9-6-12(15(17)18)8-11-7-10-4-2-3-5-13(10)16-14(9)11/h2-8H,1H3,(H,17,18). The number of carbonyl (C=O) groups is 1. The van der Waals surface area contributed by atoms with E-state index in [-0.39, 0.29) is 0 Å². The molecule has 0 amide bonds. The second-order valence-corrected chi connectivity index (χ2v) is 4.35. The third-order valence-electron chi connectivity index (χ3n) is 3.06. The summed E-state index contributed by atoms with van der Waals surface area (Å²) in [6, 6.07) is 13.1. The van der Waals surface area contributed by atoms with E-state index in [0.29, 0.717) is 5.56 Å². The van der Waals surface area contributed by atoms with Gasteiger partial charge in [0, 0.05) is 10.8 Å². The summed E-state index contributed by atoms with van der Waals surface area (Å²) < 4.78 is 0. The molecule has 0 fully saturated rings. The number of para-hydroxylation sites is 1. The van der Waals surface area contributed by atoms with Gasteiger partial charge in [-0.15, -0.1) is 0 Å². The molecule has 1 N–H and O–H groups in total. The van der Waals surface area contributed by atoms with Crippen molar-refractivity contribution in [2.24, 2.45) is 0 Å². The van der Waals surface area contributed by atoms with Crippen LogP contribution in [-0.4, -0.2) is 16.1 Å². The van der Waals surface area contributed by atoms with E-state index in [2.05, 4.69) is 4.98 Å². The molecule has 3 rings (SSSR count). The van der Waals surface area contributed by atoms with Gasteiger partial charge in [-0.2, -0.15) is 0 Å². The fourth-order valence-corrected chi connectivity index (χ4v) is 2.19. The first-order valence-corrected chi connectivity index (χ1v) is 5.68. The number of fused-ring (bicyclic) bond motifs is 2. The lowest BCUT2D eigenvalue weighted by Gasteiger charge is -2.06. The molecule has 1 heterocycles. The number of pyridine rings is 1. The summed E-state index contributed by atoms with van der Waals surface area (Å²) in [7, 11) is 0. The topological polar surface area (TPSA) is 50.2 Å². The maximum absolute atomic E-state index is 11.0. The molecular weight excluding hydrogens is 226 g/mol. The molecule has 0 saturated heterocycles. The molecule has 88 valence electrons. The van der Waals surface area contributed by atoms with Crippen LogP contribution in [0.5, 0.6) is 0 Å². The highest BCUT2D eigenvalue weighted by molar-refractivity contribution is 5.99. The maximum Gasteiger partial charge on any atom is 0.335 e. The molecule has 0 radical (unpaired) electrons. The van der Waals surface area contributed by atoms with E-state index in [1.165, 1.54) is 0 Å². The smallest absolute Gasteiger partial charge is 0.335 e. The predicted molar refractivity (Wildman–Crippen MR) is 70.9 cm³/mol.